The lowest BCUT2D eigenvalue weighted by atomic mass is 10.1. The van der Waals surface area contributed by atoms with Gasteiger partial charge in [0.05, 0.1) is 20.6 Å². The summed E-state index contributed by atoms with van der Waals surface area (Å²) in [4.78, 5) is 20.5. The van der Waals surface area contributed by atoms with Gasteiger partial charge >= 0.3 is 0 Å². The molecular weight excluding hydrogens is 366 g/mol. The Morgan fingerprint density at radius 3 is 2.52 bits per heavy atom. The SMILES string of the molecule is COc1ccc(CC(=O)N2CCN(Cc3c[nH]c4ccccc34)CC2)cc1OC. The van der Waals surface area contributed by atoms with Gasteiger partial charge in [-0.1, -0.05) is 24.3 Å². The second kappa shape index (κ2) is 8.57. The summed E-state index contributed by atoms with van der Waals surface area (Å²) in [6, 6.07) is 14.0. The van der Waals surface area contributed by atoms with Gasteiger partial charge in [-0.05, 0) is 29.3 Å². The first kappa shape index (κ1) is 19.3. The van der Waals surface area contributed by atoms with Crippen molar-refractivity contribution in [3.63, 3.8) is 0 Å². The van der Waals surface area contributed by atoms with Gasteiger partial charge in [0.2, 0.25) is 5.91 Å². The molecular formula is C23H27N3O3. The van der Waals surface area contributed by atoms with Crippen LogP contribution < -0.4 is 9.47 Å². The number of amides is 1. The number of rotatable bonds is 6. The summed E-state index contributed by atoms with van der Waals surface area (Å²) in [5.41, 5.74) is 3.42. The standard InChI is InChI=1S/C23H27N3O3/c1-28-21-8-7-17(13-22(21)29-2)14-23(27)26-11-9-25(10-12-26)16-18-15-24-20-6-4-3-5-19(18)20/h3-8,13,15,24H,9-12,14,16H2,1-2H3. The number of H-pyrrole nitrogens is 1. The van der Waals surface area contributed by atoms with Gasteiger partial charge in [0.15, 0.2) is 11.5 Å². The quantitative estimate of drug-likeness (QED) is 0.699. The molecule has 1 aliphatic rings. The molecule has 0 unspecified atom stereocenters. The third kappa shape index (κ3) is 4.22. The molecule has 1 fully saturated rings. The molecule has 29 heavy (non-hydrogen) atoms. The van der Waals surface area contributed by atoms with E-state index in [4.69, 9.17) is 9.47 Å². The highest BCUT2D eigenvalue weighted by Gasteiger charge is 2.22. The van der Waals surface area contributed by atoms with Crippen LogP contribution in [0, 0.1) is 0 Å². The third-order valence-electron chi connectivity index (χ3n) is 5.60. The molecule has 0 spiro atoms. The van der Waals surface area contributed by atoms with Crippen molar-refractivity contribution in [3.8, 4) is 11.5 Å². The van der Waals surface area contributed by atoms with Gasteiger partial charge in [0.25, 0.3) is 0 Å². The smallest absolute Gasteiger partial charge is 0.227 e. The van der Waals surface area contributed by atoms with Crippen LogP contribution in [0.5, 0.6) is 11.5 Å². The average molecular weight is 393 g/mol. The minimum Gasteiger partial charge on any atom is -0.493 e. The molecule has 1 N–H and O–H groups in total. The molecule has 6 nitrogen and oxygen atoms in total. The third-order valence-corrected chi connectivity index (χ3v) is 5.60. The van der Waals surface area contributed by atoms with Crippen molar-refractivity contribution in [3.05, 3.63) is 59.8 Å². The first-order chi connectivity index (χ1) is 14.2. The summed E-state index contributed by atoms with van der Waals surface area (Å²) >= 11 is 0. The maximum absolute atomic E-state index is 12.8. The van der Waals surface area contributed by atoms with Gasteiger partial charge in [-0.15, -0.1) is 0 Å². The van der Waals surface area contributed by atoms with E-state index in [1.807, 2.05) is 29.2 Å². The summed E-state index contributed by atoms with van der Waals surface area (Å²) in [5, 5.41) is 1.28. The lowest BCUT2D eigenvalue weighted by Gasteiger charge is -2.34. The molecule has 1 aliphatic heterocycles. The van der Waals surface area contributed by atoms with Gasteiger partial charge in [-0.2, -0.15) is 0 Å². The van der Waals surface area contributed by atoms with Crippen molar-refractivity contribution in [1.82, 2.24) is 14.8 Å². The summed E-state index contributed by atoms with van der Waals surface area (Å²) in [6.45, 7) is 4.19. The number of carbonyl (C=O) groups excluding carboxylic acids is 1. The summed E-state index contributed by atoms with van der Waals surface area (Å²) < 4.78 is 10.6. The van der Waals surface area contributed by atoms with Crippen molar-refractivity contribution < 1.29 is 14.3 Å². The predicted octanol–water partition coefficient (Wildman–Crippen LogP) is 3.07. The number of hydrogen-bond acceptors (Lipinski definition) is 4. The number of aromatic nitrogens is 1. The van der Waals surface area contributed by atoms with Crippen LogP contribution in [0.4, 0.5) is 0 Å². The van der Waals surface area contributed by atoms with E-state index in [-0.39, 0.29) is 5.91 Å². The first-order valence-electron chi connectivity index (χ1n) is 9.94. The van der Waals surface area contributed by atoms with Gasteiger partial charge in [0, 0.05) is 49.8 Å². The molecule has 4 rings (SSSR count). The molecule has 1 aromatic heterocycles. The van der Waals surface area contributed by atoms with E-state index in [2.05, 4.69) is 34.3 Å². The Balaban J connectivity index is 1.33. The Kier molecular flexibility index (Phi) is 5.71. The van der Waals surface area contributed by atoms with Gasteiger partial charge in [-0.3, -0.25) is 9.69 Å². The van der Waals surface area contributed by atoms with Gasteiger partial charge in [0.1, 0.15) is 0 Å². The predicted molar refractivity (Wildman–Crippen MR) is 113 cm³/mol. The van der Waals surface area contributed by atoms with Crippen LogP contribution in [0.15, 0.2) is 48.7 Å². The van der Waals surface area contributed by atoms with E-state index in [1.54, 1.807) is 14.2 Å². The Morgan fingerprint density at radius 2 is 1.76 bits per heavy atom. The number of nitrogens with one attached hydrogen (secondary N) is 1. The first-order valence-corrected chi connectivity index (χ1v) is 9.94. The van der Waals surface area contributed by atoms with E-state index >= 15 is 0 Å². The Morgan fingerprint density at radius 1 is 1.00 bits per heavy atom. The van der Waals surface area contributed by atoms with Crippen molar-refractivity contribution in [2.75, 3.05) is 40.4 Å². The molecule has 2 aromatic carbocycles. The Bertz CT molecular complexity index is 990. The zero-order valence-corrected chi connectivity index (χ0v) is 17.0. The zero-order chi connectivity index (χ0) is 20.2. The van der Waals surface area contributed by atoms with Crippen LogP contribution in [-0.2, 0) is 17.8 Å². The lowest BCUT2D eigenvalue weighted by Crippen LogP contribution is -2.48. The molecule has 0 saturated carbocycles. The highest BCUT2D eigenvalue weighted by molar-refractivity contribution is 5.83. The fourth-order valence-corrected chi connectivity index (χ4v) is 3.94. The Labute approximate surface area is 171 Å². The van der Waals surface area contributed by atoms with E-state index < -0.39 is 0 Å². The topological polar surface area (TPSA) is 57.8 Å². The number of para-hydroxylation sites is 1. The molecule has 0 radical (unpaired) electrons. The molecule has 2 heterocycles. The number of piperazine rings is 1. The number of carbonyl (C=O) groups is 1. The molecule has 0 atom stereocenters. The van der Waals surface area contributed by atoms with Crippen molar-refractivity contribution in [1.29, 1.82) is 0 Å². The number of nitrogens with zero attached hydrogens (tertiary/aromatic N) is 2. The lowest BCUT2D eigenvalue weighted by molar-refractivity contribution is -0.132. The number of benzene rings is 2. The monoisotopic (exact) mass is 393 g/mol. The average Bonchev–Trinajstić information content (AvgIpc) is 3.17. The van der Waals surface area contributed by atoms with Crippen LogP contribution in [0.3, 0.4) is 0 Å². The summed E-state index contributed by atoms with van der Waals surface area (Å²) in [7, 11) is 3.22. The van der Waals surface area contributed by atoms with Crippen molar-refractivity contribution in [2.24, 2.45) is 0 Å². The van der Waals surface area contributed by atoms with Crippen LogP contribution in [-0.4, -0.2) is 61.1 Å². The highest BCUT2D eigenvalue weighted by Crippen LogP contribution is 2.28. The van der Waals surface area contributed by atoms with Crippen LogP contribution >= 0.6 is 0 Å². The molecule has 1 amide bonds. The fourth-order valence-electron chi connectivity index (χ4n) is 3.94. The number of fused-ring (bicyclic) bond motifs is 1. The Hall–Kier alpha value is -2.99. The van der Waals surface area contributed by atoms with E-state index in [0.29, 0.717) is 17.9 Å². The normalized spacial score (nSPS) is 14.9. The molecule has 0 bridgehead atoms. The maximum Gasteiger partial charge on any atom is 0.227 e. The molecule has 152 valence electrons. The van der Waals surface area contributed by atoms with E-state index in [0.717, 1.165) is 38.3 Å². The van der Waals surface area contributed by atoms with Crippen molar-refractivity contribution in [2.45, 2.75) is 13.0 Å². The largest absolute Gasteiger partial charge is 0.493 e. The number of hydrogen-bond donors (Lipinski definition) is 1. The van der Waals surface area contributed by atoms with E-state index in [1.165, 1.54) is 16.5 Å². The van der Waals surface area contributed by atoms with Crippen molar-refractivity contribution >= 4 is 16.8 Å². The zero-order valence-electron chi connectivity index (χ0n) is 17.0. The summed E-state index contributed by atoms with van der Waals surface area (Å²) in [5.74, 6) is 1.49. The molecule has 3 aromatic rings. The number of methoxy groups -OCH3 is 2. The minimum atomic E-state index is 0.156. The van der Waals surface area contributed by atoms with Gasteiger partial charge < -0.3 is 19.4 Å². The summed E-state index contributed by atoms with van der Waals surface area (Å²) in [6.07, 6.45) is 2.47. The second-order valence-corrected chi connectivity index (χ2v) is 7.38. The van der Waals surface area contributed by atoms with Crippen LogP contribution in [0.25, 0.3) is 10.9 Å². The molecule has 0 aliphatic carbocycles. The molecule has 6 heteroatoms. The number of ether oxygens (including phenoxy) is 2. The fraction of sp³-hybridized carbons (Fsp3) is 0.348. The van der Waals surface area contributed by atoms with Gasteiger partial charge in [-0.25, -0.2) is 0 Å². The molecule has 1 saturated heterocycles. The van der Waals surface area contributed by atoms with Crippen LogP contribution in [0.2, 0.25) is 0 Å². The number of aromatic amines is 1. The van der Waals surface area contributed by atoms with E-state index in [9.17, 15) is 4.79 Å². The minimum absolute atomic E-state index is 0.156. The second-order valence-electron chi connectivity index (χ2n) is 7.38. The maximum atomic E-state index is 12.8. The van der Waals surface area contributed by atoms with Crippen LogP contribution in [0.1, 0.15) is 11.1 Å². The highest BCUT2D eigenvalue weighted by atomic mass is 16.5.